The molecule has 1 aromatic heterocycles. The van der Waals surface area contributed by atoms with Crippen LogP contribution in [0.1, 0.15) is 15.2 Å². The van der Waals surface area contributed by atoms with Crippen molar-refractivity contribution in [3.05, 3.63) is 55.4 Å². The van der Waals surface area contributed by atoms with E-state index in [-0.39, 0.29) is 10.9 Å². The van der Waals surface area contributed by atoms with Gasteiger partial charge in [-0.05, 0) is 40.2 Å². The van der Waals surface area contributed by atoms with Gasteiger partial charge in [-0.25, -0.2) is 4.39 Å². The monoisotopic (exact) mass is 361 g/mol. The second-order valence-electron chi connectivity index (χ2n) is 4.02. The van der Waals surface area contributed by atoms with Crippen LogP contribution in [-0.2, 0) is 6.54 Å². The molecule has 6 heteroatoms. The van der Waals surface area contributed by atoms with Crippen molar-refractivity contribution in [3.8, 4) is 0 Å². The van der Waals surface area contributed by atoms with Gasteiger partial charge in [-0.15, -0.1) is 11.3 Å². The number of amides is 1. The molecule has 2 nitrogen and oxygen atoms in total. The highest BCUT2D eigenvalue weighted by molar-refractivity contribution is 9.10. The molecule has 0 radical (unpaired) electrons. The molecule has 0 N–H and O–H groups in total. The van der Waals surface area contributed by atoms with Gasteiger partial charge in [0, 0.05) is 21.8 Å². The third-order valence-corrected chi connectivity index (χ3v) is 4.52. The maximum absolute atomic E-state index is 12.9. The first-order valence-corrected chi connectivity index (χ1v) is 7.46. The maximum Gasteiger partial charge on any atom is 0.255 e. The van der Waals surface area contributed by atoms with Crippen LogP contribution in [0.25, 0.3) is 0 Å². The zero-order valence-corrected chi connectivity index (χ0v) is 13.1. The highest BCUT2D eigenvalue weighted by Crippen LogP contribution is 2.23. The van der Waals surface area contributed by atoms with Gasteiger partial charge in [-0.1, -0.05) is 11.6 Å². The summed E-state index contributed by atoms with van der Waals surface area (Å²) in [6.45, 7) is 0.489. The Morgan fingerprint density at radius 2 is 2.21 bits per heavy atom. The van der Waals surface area contributed by atoms with E-state index in [1.807, 2.05) is 11.4 Å². The molecule has 0 bridgehead atoms. The number of carbonyl (C=O) groups excluding carboxylic acids is 1. The zero-order valence-electron chi connectivity index (χ0n) is 9.99. The normalized spacial score (nSPS) is 10.5. The number of hydrogen-bond donors (Lipinski definition) is 0. The van der Waals surface area contributed by atoms with Crippen LogP contribution in [-0.4, -0.2) is 17.9 Å². The van der Waals surface area contributed by atoms with Crippen LogP contribution in [0, 0.1) is 5.82 Å². The maximum atomic E-state index is 12.9. The second-order valence-corrected chi connectivity index (χ2v) is 6.34. The molecule has 2 rings (SSSR count). The first-order chi connectivity index (χ1) is 8.97. The van der Waals surface area contributed by atoms with Crippen LogP contribution in [0.2, 0.25) is 5.02 Å². The Labute approximate surface area is 127 Å². The van der Waals surface area contributed by atoms with Gasteiger partial charge in [-0.2, -0.15) is 0 Å². The van der Waals surface area contributed by atoms with E-state index >= 15 is 0 Å². The fourth-order valence-corrected chi connectivity index (χ4v) is 3.36. The zero-order chi connectivity index (χ0) is 14.0. The first-order valence-electron chi connectivity index (χ1n) is 5.41. The van der Waals surface area contributed by atoms with Crippen LogP contribution in [0.3, 0.4) is 0 Å². The average molecular weight is 363 g/mol. The Morgan fingerprint density at radius 3 is 2.79 bits per heavy atom. The highest BCUT2D eigenvalue weighted by atomic mass is 79.9. The lowest BCUT2D eigenvalue weighted by atomic mass is 10.2. The van der Waals surface area contributed by atoms with E-state index in [4.69, 9.17) is 11.6 Å². The van der Waals surface area contributed by atoms with Gasteiger partial charge in [0.25, 0.3) is 5.91 Å². The van der Waals surface area contributed by atoms with Crippen LogP contribution in [0.5, 0.6) is 0 Å². The van der Waals surface area contributed by atoms with E-state index in [1.54, 1.807) is 23.3 Å². The van der Waals surface area contributed by atoms with Gasteiger partial charge in [0.15, 0.2) is 0 Å². The molecule has 0 aliphatic rings. The van der Waals surface area contributed by atoms with Crippen LogP contribution < -0.4 is 0 Å². The summed E-state index contributed by atoms with van der Waals surface area (Å²) in [4.78, 5) is 14.8. The van der Waals surface area contributed by atoms with E-state index < -0.39 is 5.82 Å². The van der Waals surface area contributed by atoms with Gasteiger partial charge < -0.3 is 4.90 Å². The highest BCUT2D eigenvalue weighted by Gasteiger charge is 2.16. The van der Waals surface area contributed by atoms with Crippen molar-refractivity contribution >= 4 is 44.8 Å². The summed E-state index contributed by atoms with van der Waals surface area (Å²) in [7, 11) is 1.69. The SMILES string of the molecule is CN(Cc1cc(Br)cs1)C(=O)c1ccc(F)cc1Cl. The number of halogens is 3. The summed E-state index contributed by atoms with van der Waals surface area (Å²) in [5.41, 5.74) is 0.307. The van der Waals surface area contributed by atoms with Crippen molar-refractivity contribution in [2.45, 2.75) is 6.54 Å². The van der Waals surface area contributed by atoms with Gasteiger partial charge in [-0.3, -0.25) is 4.79 Å². The lowest BCUT2D eigenvalue weighted by Crippen LogP contribution is -2.26. The molecule has 0 atom stereocenters. The molecule has 0 aliphatic heterocycles. The van der Waals surface area contributed by atoms with Crippen LogP contribution in [0.4, 0.5) is 4.39 Å². The van der Waals surface area contributed by atoms with Gasteiger partial charge >= 0.3 is 0 Å². The van der Waals surface area contributed by atoms with Crippen LogP contribution in [0.15, 0.2) is 34.1 Å². The topological polar surface area (TPSA) is 20.3 Å². The van der Waals surface area contributed by atoms with Crippen LogP contribution >= 0.6 is 38.9 Å². The quantitative estimate of drug-likeness (QED) is 0.783. The summed E-state index contributed by atoms with van der Waals surface area (Å²) in [5.74, 6) is -0.680. The number of thiophene rings is 1. The standard InChI is InChI=1S/C13H10BrClFNOS/c1-17(6-10-4-8(14)7-19-10)13(18)11-3-2-9(16)5-12(11)15/h2-5,7H,6H2,1H3. The smallest absolute Gasteiger partial charge is 0.255 e. The van der Waals surface area contributed by atoms with Gasteiger partial charge in [0.1, 0.15) is 5.82 Å². The summed E-state index contributed by atoms with van der Waals surface area (Å²) in [5, 5.41) is 2.09. The second kappa shape index (κ2) is 6.03. The van der Waals surface area contributed by atoms with Crippen molar-refractivity contribution in [2.24, 2.45) is 0 Å². The summed E-state index contributed by atoms with van der Waals surface area (Å²) >= 11 is 10.8. The third kappa shape index (κ3) is 3.55. The Bertz CT molecular complexity index is 616. The fraction of sp³-hybridized carbons (Fsp3) is 0.154. The van der Waals surface area contributed by atoms with Crippen molar-refractivity contribution in [3.63, 3.8) is 0 Å². The number of hydrogen-bond acceptors (Lipinski definition) is 2. The Morgan fingerprint density at radius 1 is 1.47 bits per heavy atom. The molecule has 19 heavy (non-hydrogen) atoms. The molecule has 0 aliphatic carbocycles. The van der Waals surface area contributed by atoms with E-state index in [2.05, 4.69) is 15.9 Å². The van der Waals surface area contributed by atoms with Crippen molar-refractivity contribution in [1.82, 2.24) is 4.90 Å². The Balaban J connectivity index is 2.14. The molecule has 0 saturated carbocycles. The first kappa shape index (κ1) is 14.5. The summed E-state index contributed by atoms with van der Waals surface area (Å²) < 4.78 is 13.9. The van der Waals surface area contributed by atoms with E-state index in [9.17, 15) is 9.18 Å². The molecule has 0 spiro atoms. The molecular formula is C13H10BrClFNOS. The molecule has 100 valence electrons. The van der Waals surface area contributed by atoms with Gasteiger partial charge in [0.05, 0.1) is 17.1 Å². The van der Waals surface area contributed by atoms with E-state index in [0.29, 0.717) is 12.1 Å². The summed E-state index contributed by atoms with van der Waals surface area (Å²) in [6.07, 6.45) is 0. The molecule has 1 heterocycles. The number of nitrogens with zero attached hydrogens (tertiary/aromatic N) is 1. The fourth-order valence-electron chi connectivity index (χ4n) is 1.61. The lowest BCUT2D eigenvalue weighted by molar-refractivity contribution is 0.0786. The lowest BCUT2D eigenvalue weighted by Gasteiger charge is -2.17. The molecule has 1 aromatic carbocycles. The molecular weight excluding hydrogens is 353 g/mol. The minimum absolute atomic E-state index is 0.129. The molecule has 0 fully saturated rings. The molecule has 2 aromatic rings. The Hall–Kier alpha value is -0.910. The molecule has 1 amide bonds. The van der Waals surface area contributed by atoms with E-state index in [1.165, 1.54) is 12.1 Å². The third-order valence-electron chi connectivity index (χ3n) is 2.52. The number of rotatable bonds is 3. The molecule has 0 saturated heterocycles. The number of benzene rings is 1. The van der Waals surface area contributed by atoms with Crippen molar-refractivity contribution in [1.29, 1.82) is 0 Å². The van der Waals surface area contributed by atoms with E-state index in [0.717, 1.165) is 15.4 Å². The predicted octanol–water partition coefficient (Wildman–Crippen LogP) is 4.58. The van der Waals surface area contributed by atoms with Crippen molar-refractivity contribution in [2.75, 3.05) is 7.05 Å². The summed E-state index contributed by atoms with van der Waals surface area (Å²) in [6, 6.07) is 5.74. The average Bonchev–Trinajstić information content (AvgIpc) is 2.74. The minimum Gasteiger partial charge on any atom is -0.337 e. The Kier molecular flexibility index (Phi) is 4.60. The molecule has 0 unspecified atom stereocenters. The minimum atomic E-state index is -0.452. The number of carbonyl (C=O) groups is 1. The largest absolute Gasteiger partial charge is 0.337 e. The van der Waals surface area contributed by atoms with Gasteiger partial charge in [0.2, 0.25) is 0 Å². The predicted molar refractivity (Wildman–Crippen MR) is 79.2 cm³/mol. The van der Waals surface area contributed by atoms with Crippen molar-refractivity contribution < 1.29 is 9.18 Å².